The van der Waals surface area contributed by atoms with Gasteiger partial charge in [-0.1, -0.05) is 0 Å². The zero-order valence-electron chi connectivity index (χ0n) is 8.82. The molecule has 0 saturated carbocycles. The van der Waals surface area contributed by atoms with Gasteiger partial charge in [0, 0.05) is 33.4 Å². The van der Waals surface area contributed by atoms with Crippen molar-refractivity contribution in [1.29, 1.82) is 0 Å². The second-order valence-corrected chi connectivity index (χ2v) is 3.23. The Kier molecular flexibility index (Phi) is 3.64. The molecule has 0 atom stereocenters. The first-order valence-electron chi connectivity index (χ1n) is 4.54. The monoisotopic (exact) mass is 196 g/mol. The van der Waals surface area contributed by atoms with Gasteiger partial charge in [-0.2, -0.15) is 5.10 Å². The first-order valence-corrected chi connectivity index (χ1v) is 4.54. The van der Waals surface area contributed by atoms with Crippen LogP contribution in [0, 0.1) is 0 Å². The van der Waals surface area contributed by atoms with Crippen LogP contribution in [0.4, 0.5) is 0 Å². The number of carbonyl (C=O) groups excluding carboxylic acids is 1. The maximum absolute atomic E-state index is 11.7. The molecule has 1 N–H and O–H groups in total. The highest BCUT2D eigenvalue weighted by molar-refractivity contribution is 5.93. The van der Waals surface area contributed by atoms with E-state index < -0.39 is 0 Å². The predicted molar refractivity (Wildman–Crippen MR) is 54.1 cm³/mol. The average molecular weight is 196 g/mol. The summed E-state index contributed by atoms with van der Waals surface area (Å²) in [4.78, 5) is 13.4. The molecule has 1 aromatic heterocycles. The smallest absolute Gasteiger partial charge is 0.256 e. The second-order valence-electron chi connectivity index (χ2n) is 3.23. The summed E-state index contributed by atoms with van der Waals surface area (Å²) in [6, 6.07) is 0. The standard InChI is InChI=1S/C9H16N4O/c1-10-4-5-12(2)9(14)8-6-11-13(3)7-8/h6-7,10H,4-5H2,1-3H3. The van der Waals surface area contributed by atoms with Crippen LogP contribution in [0.25, 0.3) is 0 Å². The molecular weight excluding hydrogens is 180 g/mol. The minimum Gasteiger partial charge on any atom is -0.340 e. The van der Waals surface area contributed by atoms with E-state index in [2.05, 4.69) is 10.4 Å². The third kappa shape index (κ3) is 2.56. The van der Waals surface area contributed by atoms with E-state index in [1.807, 2.05) is 7.05 Å². The molecule has 1 rings (SSSR count). The first kappa shape index (κ1) is 10.7. The second kappa shape index (κ2) is 4.76. The van der Waals surface area contributed by atoms with E-state index in [1.165, 1.54) is 0 Å². The number of carbonyl (C=O) groups is 1. The lowest BCUT2D eigenvalue weighted by molar-refractivity contribution is 0.0797. The van der Waals surface area contributed by atoms with Crippen molar-refractivity contribution >= 4 is 5.91 Å². The molecule has 0 aliphatic carbocycles. The summed E-state index contributed by atoms with van der Waals surface area (Å²) in [6.07, 6.45) is 3.30. The van der Waals surface area contributed by atoms with Gasteiger partial charge < -0.3 is 10.2 Å². The molecule has 0 fully saturated rings. The van der Waals surface area contributed by atoms with Crippen molar-refractivity contribution in [2.45, 2.75) is 0 Å². The maximum atomic E-state index is 11.7. The van der Waals surface area contributed by atoms with Crippen molar-refractivity contribution in [3.63, 3.8) is 0 Å². The van der Waals surface area contributed by atoms with Crippen LogP contribution in [0.5, 0.6) is 0 Å². The van der Waals surface area contributed by atoms with Crippen molar-refractivity contribution in [3.05, 3.63) is 18.0 Å². The zero-order chi connectivity index (χ0) is 10.6. The molecule has 0 aromatic carbocycles. The number of aryl methyl sites for hydroxylation is 1. The number of hydrogen-bond acceptors (Lipinski definition) is 3. The zero-order valence-corrected chi connectivity index (χ0v) is 8.82. The molecule has 0 bridgehead atoms. The van der Waals surface area contributed by atoms with Gasteiger partial charge in [0.15, 0.2) is 0 Å². The first-order chi connectivity index (χ1) is 6.65. The Bertz CT molecular complexity index is 308. The van der Waals surface area contributed by atoms with Crippen LogP contribution in [-0.2, 0) is 7.05 Å². The maximum Gasteiger partial charge on any atom is 0.256 e. The minimum atomic E-state index is 0.00773. The number of amides is 1. The van der Waals surface area contributed by atoms with E-state index in [4.69, 9.17) is 0 Å². The van der Waals surface area contributed by atoms with E-state index >= 15 is 0 Å². The van der Waals surface area contributed by atoms with E-state index in [0.29, 0.717) is 12.1 Å². The highest BCUT2D eigenvalue weighted by Gasteiger charge is 2.12. The van der Waals surface area contributed by atoms with Gasteiger partial charge in [-0.25, -0.2) is 0 Å². The largest absolute Gasteiger partial charge is 0.340 e. The van der Waals surface area contributed by atoms with Gasteiger partial charge in [-0.15, -0.1) is 0 Å². The van der Waals surface area contributed by atoms with Crippen LogP contribution in [0.2, 0.25) is 0 Å². The fraction of sp³-hybridized carbons (Fsp3) is 0.556. The SMILES string of the molecule is CNCCN(C)C(=O)c1cnn(C)c1. The van der Waals surface area contributed by atoms with Gasteiger partial charge in [0.1, 0.15) is 0 Å². The molecule has 0 aliphatic heterocycles. The van der Waals surface area contributed by atoms with E-state index in [-0.39, 0.29) is 5.91 Å². The van der Waals surface area contributed by atoms with E-state index in [9.17, 15) is 4.79 Å². The Balaban J connectivity index is 2.56. The van der Waals surface area contributed by atoms with Crippen molar-refractivity contribution in [3.8, 4) is 0 Å². The molecule has 14 heavy (non-hydrogen) atoms. The number of hydrogen-bond donors (Lipinski definition) is 1. The summed E-state index contributed by atoms with van der Waals surface area (Å²) in [7, 11) is 5.44. The van der Waals surface area contributed by atoms with E-state index in [0.717, 1.165) is 6.54 Å². The molecule has 0 aliphatic rings. The summed E-state index contributed by atoms with van der Waals surface area (Å²) in [6.45, 7) is 1.49. The van der Waals surface area contributed by atoms with Crippen LogP contribution in [0.3, 0.4) is 0 Å². The Morgan fingerprint density at radius 1 is 1.71 bits per heavy atom. The fourth-order valence-corrected chi connectivity index (χ4v) is 1.13. The molecule has 1 heterocycles. The Hall–Kier alpha value is -1.36. The average Bonchev–Trinajstić information content (AvgIpc) is 2.60. The number of nitrogens with one attached hydrogen (secondary N) is 1. The molecule has 0 spiro atoms. The number of aromatic nitrogens is 2. The molecule has 0 unspecified atom stereocenters. The summed E-state index contributed by atoms with van der Waals surface area (Å²) < 4.78 is 1.62. The molecule has 1 amide bonds. The lowest BCUT2D eigenvalue weighted by Crippen LogP contribution is -2.32. The van der Waals surface area contributed by atoms with Crippen LogP contribution >= 0.6 is 0 Å². The van der Waals surface area contributed by atoms with Crippen LogP contribution in [0.1, 0.15) is 10.4 Å². The predicted octanol–water partition coefficient (Wildman–Crippen LogP) is -0.288. The molecule has 1 aromatic rings. The third-order valence-corrected chi connectivity index (χ3v) is 2.00. The van der Waals surface area contributed by atoms with Crippen LogP contribution in [0.15, 0.2) is 12.4 Å². The molecule has 0 saturated heterocycles. The van der Waals surface area contributed by atoms with E-state index in [1.54, 1.807) is 36.1 Å². The number of likely N-dealkylation sites (N-methyl/N-ethyl adjacent to an activating group) is 2. The summed E-state index contributed by atoms with van der Waals surface area (Å²) in [5.41, 5.74) is 0.631. The molecule has 5 heteroatoms. The minimum absolute atomic E-state index is 0.00773. The van der Waals surface area contributed by atoms with Gasteiger partial charge in [0.25, 0.3) is 5.91 Å². The fourth-order valence-electron chi connectivity index (χ4n) is 1.13. The summed E-state index contributed by atoms with van der Waals surface area (Å²) >= 11 is 0. The Morgan fingerprint density at radius 2 is 2.43 bits per heavy atom. The van der Waals surface area contributed by atoms with Crippen LogP contribution in [-0.4, -0.2) is 47.8 Å². The number of rotatable bonds is 4. The van der Waals surface area contributed by atoms with Gasteiger partial charge >= 0.3 is 0 Å². The lowest BCUT2D eigenvalue weighted by atomic mass is 10.3. The third-order valence-electron chi connectivity index (χ3n) is 2.00. The summed E-state index contributed by atoms with van der Waals surface area (Å²) in [5, 5.41) is 6.95. The quantitative estimate of drug-likeness (QED) is 0.720. The molecular formula is C9H16N4O. The summed E-state index contributed by atoms with van der Waals surface area (Å²) in [5.74, 6) is 0.00773. The lowest BCUT2D eigenvalue weighted by Gasteiger charge is -2.15. The van der Waals surface area contributed by atoms with Crippen molar-refractivity contribution in [1.82, 2.24) is 20.0 Å². The van der Waals surface area contributed by atoms with Crippen LogP contribution < -0.4 is 5.32 Å². The highest BCUT2D eigenvalue weighted by Crippen LogP contribution is 2.00. The Labute approximate surface area is 83.7 Å². The molecule has 0 radical (unpaired) electrons. The highest BCUT2D eigenvalue weighted by atomic mass is 16.2. The van der Waals surface area contributed by atoms with Gasteiger partial charge in [0.05, 0.1) is 11.8 Å². The van der Waals surface area contributed by atoms with Crippen molar-refractivity contribution in [2.75, 3.05) is 27.2 Å². The molecule has 78 valence electrons. The normalized spacial score (nSPS) is 10.2. The number of nitrogens with zero attached hydrogens (tertiary/aromatic N) is 3. The topological polar surface area (TPSA) is 50.2 Å². The van der Waals surface area contributed by atoms with Gasteiger partial charge in [-0.3, -0.25) is 9.48 Å². The van der Waals surface area contributed by atoms with Crippen molar-refractivity contribution in [2.24, 2.45) is 7.05 Å². The van der Waals surface area contributed by atoms with Gasteiger partial charge in [-0.05, 0) is 7.05 Å². The molecule has 5 nitrogen and oxygen atoms in total. The van der Waals surface area contributed by atoms with Gasteiger partial charge in [0.2, 0.25) is 0 Å². The Morgan fingerprint density at radius 3 is 2.93 bits per heavy atom. The van der Waals surface area contributed by atoms with Crippen molar-refractivity contribution < 1.29 is 4.79 Å².